The highest BCUT2D eigenvalue weighted by Gasteiger charge is 2.28. The van der Waals surface area contributed by atoms with E-state index in [1.165, 1.54) is 0 Å². The number of rotatable bonds is 5. The molecular formula is C13H22N6O2. The van der Waals surface area contributed by atoms with Gasteiger partial charge in [0.15, 0.2) is 0 Å². The van der Waals surface area contributed by atoms with Crippen LogP contribution in [0.4, 0.5) is 17.8 Å². The Balaban J connectivity index is 1.75. The molecule has 1 saturated carbocycles. The molecule has 21 heavy (non-hydrogen) atoms. The zero-order valence-electron chi connectivity index (χ0n) is 12.2. The molecule has 3 N–H and O–H groups in total. The molecule has 1 aliphatic heterocycles. The molecule has 1 aliphatic carbocycles. The van der Waals surface area contributed by atoms with Crippen molar-refractivity contribution >= 4 is 17.8 Å². The average Bonchev–Trinajstić information content (AvgIpc) is 2.47. The molecule has 3 rings (SSSR count). The normalized spacial score (nSPS) is 25.3. The van der Waals surface area contributed by atoms with Crippen molar-refractivity contribution in [2.75, 3.05) is 48.4 Å². The number of hydrogen-bond donors (Lipinski definition) is 3. The van der Waals surface area contributed by atoms with E-state index in [2.05, 4.69) is 30.5 Å². The Labute approximate surface area is 123 Å². The van der Waals surface area contributed by atoms with Crippen molar-refractivity contribution in [3.05, 3.63) is 0 Å². The van der Waals surface area contributed by atoms with Crippen LogP contribution in [0.3, 0.4) is 0 Å². The van der Waals surface area contributed by atoms with E-state index in [4.69, 9.17) is 4.74 Å². The maximum Gasteiger partial charge on any atom is 0.232 e. The van der Waals surface area contributed by atoms with E-state index < -0.39 is 0 Å². The Morgan fingerprint density at radius 3 is 2.57 bits per heavy atom. The predicted molar refractivity (Wildman–Crippen MR) is 79.7 cm³/mol. The number of aliphatic hydroxyl groups is 1. The number of nitrogens with one attached hydrogen (secondary N) is 2. The first-order chi connectivity index (χ1) is 10.2. The van der Waals surface area contributed by atoms with Crippen LogP contribution < -0.4 is 15.5 Å². The summed E-state index contributed by atoms with van der Waals surface area (Å²) in [4.78, 5) is 15.4. The maximum atomic E-state index is 9.37. The fraction of sp³-hybridized carbons (Fsp3) is 0.769. The molecule has 0 spiro atoms. The monoisotopic (exact) mass is 294 g/mol. The Morgan fingerprint density at radius 1 is 1.19 bits per heavy atom. The lowest BCUT2D eigenvalue weighted by Crippen LogP contribution is -2.40. The summed E-state index contributed by atoms with van der Waals surface area (Å²) in [6.07, 6.45) is 1.29. The molecule has 0 atom stereocenters. The summed E-state index contributed by atoms with van der Waals surface area (Å²) in [5.41, 5.74) is 0. The highest BCUT2D eigenvalue weighted by molar-refractivity contribution is 5.44. The second kappa shape index (κ2) is 6.40. The van der Waals surface area contributed by atoms with E-state index in [-0.39, 0.29) is 12.1 Å². The van der Waals surface area contributed by atoms with Gasteiger partial charge in [-0.1, -0.05) is 0 Å². The molecule has 0 radical (unpaired) electrons. The SMILES string of the molecule is CCNc1nc(NC2CC(O)C2)nc(N2CCOCC2)n1. The first-order valence-corrected chi connectivity index (χ1v) is 7.52. The summed E-state index contributed by atoms with van der Waals surface area (Å²) in [5.74, 6) is 1.82. The first kappa shape index (κ1) is 14.3. The third-order valence-electron chi connectivity index (χ3n) is 3.70. The van der Waals surface area contributed by atoms with Gasteiger partial charge in [-0.15, -0.1) is 0 Å². The van der Waals surface area contributed by atoms with Crippen LogP contribution in [0.1, 0.15) is 19.8 Å². The van der Waals surface area contributed by atoms with E-state index in [1.54, 1.807) is 0 Å². The van der Waals surface area contributed by atoms with Crippen LogP contribution in [0.25, 0.3) is 0 Å². The number of anilines is 3. The van der Waals surface area contributed by atoms with Gasteiger partial charge in [0.05, 0.1) is 19.3 Å². The Bertz CT molecular complexity index is 474. The van der Waals surface area contributed by atoms with Gasteiger partial charge in [0.1, 0.15) is 0 Å². The molecule has 116 valence electrons. The Morgan fingerprint density at radius 2 is 1.90 bits per heavy atom. The lowest BCUT2D eigenvalue weighted by Gasteiger charge is -2.32. The van der Waals surface area contributed by atoms with E-state index in [0.717, 1.165) is 32.5 Å². The largest absolute Gasteiger partial charge is 0.393 e. The third kappa shape index (κ3) is 3.51. The average molecular weight is 294 g/mol. The number of morpholine rings is 1. The van der Waals surface area contributed by atoms with Crippen LogP contribution in [0.2, 0.25) is 0 Å². The van der Waals surface area contributed by atoms with Crippen molar-refractivity contribution in [2.24, 2.45) is 0 Å². The molecular weight excluding hydrogens is 272 g/mol. The van der Waals surface area contributed by atoms with Gasteiger partial charge in [-0.3, -0.25) is 0 Å². The molecule has 2 aliphatic rings. The number of hydrogen-bond acceptors (Lipinski definition) is 8. The van der Waals surface area contributed by atoms with E-state index in [1.807, 2.05) is 6.92 Å². The summed E-state index contributed by atoms with van der Waals surface area (Å²) >= 11 is 0. The summed E-state index contributed by atoms with van der Waals surface area (Å²) in [6, 6.07) is 0.245. The fourth-order valence-corrected chi connectivity index (χ4v) is 2.46. The van der Waals surface area contributed by atoms with Gasteiger partial charge in [-0.05, 0) is 19.8 Å². The van der Waals surface area contributed by atoms with Gasteiger partial charge in [0.25, 0.3) is 0 Å². The minimum absolute atomic E-state index is 0.198. The summed E-state index contributed by atoms with van der Waals surface area (Å²) < 4.78 is 5.36. The van der Waals surface area contributed by atoms with Gasteiger partial charge < -0.3 is 25.4 Å². The van der Waals surface area contributed by atoms with E-state index in [9.17, 15) is 5.11 Å². The van der Waals surface area contributed by atoms with Crippen LogP contribution in [0, 0.1) is 0 Å². The second-order valence-electron chi connectivity index (χ2n) is 5.38. The van der Waals surface area contributed by atoms with Crippen LogP contribution in [-0.4, -0.2) is 65.1 Å². The van der Waals surface area contributed by atoms with E-state index >= 15 is 0 Å². The predicted octanol–water partition coefficient (Wildman–Crippen LogP) is 0.0752. The van der Waals surface area contributed by atoms with Crippen LogP contribution in [-0.2, 0) is 4.74 Å². The number of aromatic nitrogens is 3. The van der Waals surface area contributed by atoms with Crippen LogP contribution >= 0.6 is 0 Å². The van der Waals surface area contributed by atoms with Crippen LogP contribution in [0.5, 0.6) is 0 Å². The summed E-state index contributed by atoms with van der Waals surface area (Å²) in [7, 11) is 0. The zero-order valence-corrected chi connectivity index (χ0v) is 12.2. The van der Waals surface area contributed by atoms with Gasteiger partial charge in [-0.25, -0.2) is 0 Å². The first-order valence-electron chi connectivity index (χ1n) is 7.52. The minimum Gasteiger partial charge on any atom is -0.393 e. The lowest BCUT2D eigenvalue weighted by molar-refractivity contribution is 0.0834. The Hall–Kier alpha value is -1.67. The molecule has 8 nitrogen and oxygen atoms in total. The fourth-order valence-electron chi connectivity index (χ4n) is 2.46. The molecule has 2 heterocycles. The van der Waals surface area contributed by atoms with Crippen molar-refractivity contribution < 1.29 is 9.84 Å². The van der Waals surface area contributed by atoms with Gasteiger partial charge in [0, 0.05) is 25.7 Å². The smallest absolute Gasteiger partial charge is 0.232 e. The maximum absolute atomic E-state index is 9.37. The number of aliphatic hydroxyl groups excluding tert-OH is 1. The molecule has 0 amide bonds. The van der Waals surface area contributed by atoms with Crippen molar-refractivity contribution in [3.63, 3.8) is 0 Å². The van der Waals surface area contributed by atoms with Crippen molar-refractivity contribution in [1.29, 1.82) is 0 Å². The van der Waals surface area contributed by atoms with Crippen molar-refractivity contribution in [1.82, 2.24) is 15.0 Å². The highest BCUT2D eigenvalue weighted by Crippen LogP contribution is 2.24. The van der Waals surface area contributed by atoms with Gasteiger partial charge in [0.2, 0.25) is 17.8 Å². The van der Waals surface area contributed by atoms with Crippen LogP contribution in [0.15, 0.2) is 0 Å². The lowest BCUT2D eigenvalue weighted by atomic mass is 9.90. The Kier molecular flexibility index (Phi) is 4.35. The zero-order chi connectivity index (χ0) is 14.7. The molecule has 0 aromatic carbocycles. The minimum atomic E-state index is -0.198. The van der Waals surface area contributed by atoms with Crippen molar-refractivity contribution in [3.8, 4) is 0 Å². The van der Waals surface area contributed by atoms with Crippen molar-refractivity contribution in [2.45, 2.75) is 31.9 Å². The topological polar surface area (TPSA) is 95.4 Å². The standard InChI is InChI=1S/C13H22N6O2/c1-2-14-11-16-12(15-9-7-10(20)8-9)18-13(17-11)19-3-5-21-6-4-19/h9-10,20H,2-8H2,1H3,(H2,14,15,16,17,18). The molecule has 0 bridgehead atoms. The van der Waals surface area contributed by atoms with Gasteiger partial charge >= 0.3 is 0 Å². The molecule has 8 heteroatoms. The molecule has 0 unspecified atom stereocenters. The quantitative estimate of drug-likeness (QED) is 0.702. The molecule has 1 aromatic heterocycles. The number of nitrogens with zero attached hydrogens (tertiary/aromatic N) is 4. The number of ether oxygens (including phenoxy) is 1. The highest BCUT2D eigenvalue weighted by atomic mass is 16.5. The van der Waals surface area contributed by atoms with E-state index in [0.29, 0.717) is 31.1 Å². The summed E-state index contributed by atoms with van der Waals surface area (Å²) in [6.45, 7) is 5.73. The third-order valence-corrected chi connectivity index (χ3v) is 3.70. The van der Waals surface area contributed by atoms with Gasteiger partial charge in [-0.2, -0.15) is 15.0 Å². The molecule has 1 saturated heterocycles. The molecule has 2 fully saturated rings. The summed E-state index contributed by atoms with van der Waals surface area (Å²) in [5, 5.41) is 15.8. The second-order valence-corrected chi connectivity index (χ2v) is 5.38. The molecule has 1 aromatic rings.